The third-order valence-corrected chi connectivity index (χ3v) is 7.26. The van der Waals surface area contributed by atoms with Crippen LogP contribution in [0.3, 0.4) is 0 Å². The summed E-state index contributed by atoms with van der Waals surface area (Å²) in [5.74, 6) is -0.471. The fourth-order valence-corrected chi connectivity index (χ4v) is 4.62. The van der Waals surface area contributed by atoms with Crippen LogP contribution < -0.4 is 0 Å². The molecule has 7 heteroatoms. The van der Waals surface area contributed by atoms with Crippen LogP contribution in [0.15, 0.2) is 77.7 Å². The Labute approximate surface area is 220 Å². The number of ether oxygens (including phenoxy) is 1. The van der Waals surface area contributed by atoms with Gasteiger partial charge in [0.25, 0.3) is 0 Å². The van der Waals surface area contributed by atoms with Crippen LogP contribution in [-0.4, -0.2) is 44.5 Å². The zero-order valence-electron chi connectivity index (χ0n) is 21.9. The van der Waals surface area contributed by atoms with E-state index in [2.05, 4.69) is 0 Å². The molecule has 0 bridgehead atoms. The molecule has 37 heavy (non-hydrogen) atoms. The predicted molar refractivity (Wildman–Crippen MR) is 145 cm³/mol. The van der Waals surface area contributed by atoms with Gasteiger partial charge < -0.3 is 9.64 Å². The second kappa shape index (κ2) is 12.7. The molecule has 0 spiro atoms. The van der Waals surface area contributed by atoms with Gasteiger partial charge in [0.15, 0.2) is 9.84 Å². The molecule has 1 unspecified atom stereocenters. The molecule has 196 valence electrons. The molecule has 6 nitrogen and oxygen atoms in total. The molecule has 3 aromatic rings. The van der Waals surface area contributed by atoms with Gasteiger partial charge in [-0.15, -0.1) is 0 Å². The molecule has 0 radical (unpaired) electrons. The molecule has 3 rings (SSSR count). The van der Waals surface area contributed by atoms with E-state index in [0.717, 1.165) is 34.9 Å². The van der Waals surface area contributed by atoms with Gasteiger partial charge in [-0.25, -0.2) is 8.42 Å². The topological polar surface area (TPSA) is 80.8 Å². The van der Waals surface area contributed by atoms with E-state index in [1.165, 1.54) is 12.1 Å². The van der Waals surface area contributed by atoms with Crippen molar-refractivity contribution < 1.29 is 22.7 Å². The molecule has 1 atom stereocenters. The van der Waals surface area contributed by atoms with Gasteiger partial charge in [0.05, 0.1) is 24.3 Å². The van der Waals surface area contributed by atoms with Crippen LogP contribution in [0.2, 0.25) is 0 Å². The first-order valence-electron chi connectivity index (χ1n) is 12.4. The van der Waals surface area contributed by atoms with Crippen LogP contribution in [0.1, 0.15) is 47.3 Å². The zero-order chi connectivity index (χ0) is 27.0. The van der Waals surface area contributed by atoms with E-state index in [1.54, 1.807) is 17.0 Å². The number of hydrogen-bond acceptors (Lipinski definition) is 5. The zero-order valence-corrected chi connectivity index (χ0v) is 22.8. The largest absolute Gasteiger partial charge is 0.455 e. The first-order chi connectivity index (χ1) is 17.5. The van der Waals surface area contributed by atoms with Crippen LogP contribution in [-0.2, 0) is 37.0 Å². The van der Waals surface area contributed by atoms with Crippen molar-refractivity contribution in [1.82, 2.24) is 4.90 Å². The maximum atomic E-state index is 13.3. The monoisotopic (exact) mass is 521 g/mol. The molecule has 0 saturated carbocycles. The van der Waals surface area contributed by atoms with Gasteiger partial charge in [-0.3, -0.25) is 9.59 Å². The molecule has 0 aromatic heterocycles. The van der Waals surface area contributed by atoms with Gasteiger partial charge in [0.1, 0.15) is 6.10 Å². The van der Waals surface area contributed by atoms with Crippen molar-refractivity contribution in [1.29, 1.82) is 0 Å². The Morgan fingerprint density at radius 3 is 1.81 bits per heavy atom. The van der Waals surface area contributed by atoms with Crippen molar-refractivity contribution in [2.24, 2.45) is 0 Å². The molecule has 0 N–H and O–H groups in total. The number of hydrogen-bond donors (Lipinski definition) is 0. The van der Waals surface area contributed by atoms with E-state index in [1.807, 2.05) is 69.3 Å². The van der Waals surface area contributed by atoms with Gasteiger partial charge >= 0.3 is 5.97 Å². The van der Waals surface area contributed by atoms with Crippen LogP contribution in [0.25, 0.3) is 0 Å². The molecule has 0 aliphatic heterocycles. The first-order valence-corrected chi connectivity index (χ1v) is 14.3. The Bertz CT molecular complexity index is 1300. The first kappa shape index (κ1) is 28.1. The van der Waals surface area contributed by atoms with Gasteiger partial charge in [0.2, 0.25) is 5.91 Å². The Kier molecular flexibility index (Phi) is 9.64. The summed E-state index contributed by atoms with van der Waals surface area (Å²) in [4.78, 5) is 28.1. The van der Waals surface area contributed by atoms with Crippen molar-refractivity contribution in [3.8, 4) is 0 Å². The van der Waals surface area contributed by atoms with Crippen molar-refractivity contribution in [3.63, 3.8) is 0 Å². The minimum atomic E-state index is -3.37. The van der Waals surface area contributed by atoms with Crippen LogP contribution in [0, 0.1) is 13.8 Å². The van der Waals surface area contributed by atoms with E-state index >= 15 is 0 Å². The summed E-state index contributed by atoms with van der Waals surface area (Å²) >= 11 is 0. The van der Waals surface area contributed by atoms with Crippen LogP contribution in [0.4, 0.5) is 0 Å². The highest BCUT2D eigenvalue weighted by atomic mass is 32.2. The second-order valence-electron chi connectivity index (χ2n) is 9.48. The van der Waals surface area contributed by atoms with E-state index < -0.39 is 21.9 Å². The highest BCUT2D eigenvalue weighted by Crippen LogP contribution is 2.23. The fraction of sp³-hybridized carbons (Fsp3) is 0.333. The van der Waals surface area contributed by atoms with Crippen molar-refractivity contribution >= 4 is 21.7 Å². The molecule has 0 fully saturated rings. The van der Waals surface area contributed by atoms with E-state index in [4.69, 9.17) is 4.74 Å². The maximum Gasteiger partial charge on any atom is 0.310 e. The Morgan fingerprint density at radius 1 is 0.811 bits per heavy atom. The summed E-state index contributed by atoms with van der Waals surface area (Å²) in [7, 11) is -3.37. The van der Waals surface area contributed by atoms with E-state index in [9.17, 15) is 18.0 Å². The number of aryl methyl sites for hydroxylation is 2. The number of sulfone groups is 1. The van der Waals surface area contributed by atoms with Crippen molar-refractivity contribution in [2.45, 2.75) is 51.0 Å². The lowest BCUT2D eigenvalue weighted by molar-refractivity contribution is -0.151. The van der Waals surface area contributed by atoms with Gasteiger partial charge in [-0.2, -0.15) is 0 Å². The average Bonchev–Trinajstić information content (AvgIpc) is 2.85. The summed E-state index contributed by atoms with van der Waals surface area (Å²) in [6.45, 7) is 6.66. The standard InChI is InChI=1S/C30H35NO5S/c1-5-18-31(29(32)19-24-10-6-22(2)7-11-24)21-28(26-14-16-27(17-15-26)37(4,34)35)36-30(33)20-25-12-8-23(3)9-13-25/h6-17,28H,5,18-21H2,1-4H3. The number of rotatable bonds is 11. The van der Waals surface area contributed by atoms with E-state index in [-0.39, 0.29) is 30.2 Å². The lowest BCUT2D eigenvalue weighted by atomic mass is 10.1. The summed E-state index contributed by atoms with van der Waals surface area (Å²) in [5.41, 5.74) is 4.61. The molecule has 1 amide bonds. The number of esters is 1. The third-order valence-electron chi connectivity index (χ3n) is 6.13. The Hall–Kier alpha value is -3.45. The third kappa shape index (κ3) is 8.57. The van der Waals surface area contributed by atoms with Gasteiger partial charge in [-0.05, 0) is 49.1 Å². The average molecular weight is 522 g/mol. The van der Waals surface area contributed by atoms with Crippen LogP contribution >= 0.6 is 0 Å². The number of carbonyl (C=O) groups excluding carboxylic acids is 2. The highest BCUT2D eigenvalue weighted by molar-refractivity contribution is 7.90. The molecule has 0 aliphatic rings. The summed E-state index contributed by atoms with van der Waals surface area (Å²) < 4.78 is 29.8. The fourth-order valence-electron chi connectivity index (χ4n) is 3.99. The number of amides is 1. The molecule has 0 aliphatic carbocycles. The number of carbonyl (C=O) groups is 2. The normalized spacial score (nSPS) is 12.1. The maximum absolute atomic E-state index is 13.3. The Morgan fingerprint density at radius 2 is 1.32 bits per heavy atom. The quantitative estimate of drug-likeness (QED) is 0.331. The number of nitrogens with zero attached hydrogens (tertiary/aromatic N) is 1. The predicted octanol–water partition coefficient (Wildman–Crippen LogP) is 5.02. The van der Waals surface area contributed by atoms with Crippen LogP contribution in [0.5, 0.6) is 0 Å². The van der Waals surface area contributed by atoms with Crippen molar-refractivity contribution in [3.05, 3.63) is 101 Å². The minimum absolute atomic E-state index is 0.0574. The smallest absolute Gasteiger partial charge is 0.310 e. The number of benzene rings is 3. The highest BCUT2D eigenvalue weighted by Gasteiger charge is 2.24. The molecule has 0 saturated heterocycles. The minimum Gasteiger partial charge on any atom is -0.455 e. The lowest BCUT2D eigenvalue weighted by Gasteiger charge is -2.28. The lowest BCUT2D eigenvalue weighted by Crippen LogP contribution is -2.37. The molecular weight excluding hydrogens is 486 g/mol. The van der Waals surface area contributed by atoms with E-state index in [0.29, 0.717) is 12.1 Å². The van der Waals surface area contributed by atoms with Gasteiger partial charge in [-0.1, -0.05) is 78.7 Å². The summed E-state index contributed by atoms with van der Waals surface area (Å²) in [5, 5.41) is 0. The molecule has 3 aromatic carbocycles. The Balaban J connectivity index is 1.83. The SMILES string of the molecule is CCCN(CC(OC(=O)Cc1ccc(C)cc1)c1ccc(S(C)(=O)=O)cc1)C(=O)Cc1ccc(C)cc1. The molecule has 0 heterocycles. The van der Waals surface area contributed by atoms with Crippen molar-refractivity contribution in [2.75, 3.05) is 19.3 Å². The summed E-state index contributed by atoms with van der Waals surface area (Å²) in [6, 6.07) is 21.8. The summed E-state index contributed by atoms with van der Waals surface area (Å²) in [6.07, 6.45) is 1.51. The molecular formula is C30H35NO5S. The van der Waals surface area contributed by atoms with Gasteiger partial charge in [0, 0.05) is 12.8 Å². The second-order valence-corrected chi connectivity index (χ2v) is 11.5.